The number of benzene rings is 3. The van der Waals surface area contributed by atoms with Crippen LogP contribution in [0.2, 0.25) is 0 Å². The summed E-state index contributed by atoms with van der Waals surface area (Å²) in [6.07, 6.45) is -0.0480. The first-order chi connectivity index (χ1) is 17.7. The largest absolute Gasteiger partial charge is 0.352 e. The fourth-order valence-corrected chi connectivity index (χ4v) is 4.03. The van der Waals surface area contributed by atoms with Gasteiger partial charge in [0, 0.05) is 6.54 Å². The van der Waals surface area contributed by atoms with Crippen LogP contribution in [0.1, 0.15) is 21.5 Å². The Morgan fingerprint density at radius 3 is 1.87 bits per heavy atom. The van der Waals surface area contributed by atoms with Crippen molar-refractivity contribution in [1.29, 1.82) is 0 Å². The Labute approximate surface area is 210 Å². The summed E-state index contributed by atoms with van der Waals surface area (Å²) in [6.45, 7) is 0.960. The number of halogens is 7. The van der Waals surface area contributed by atoms with Crippen LogP contribution in [0, 0.1) is 47.6 Å². The molecule has 3 amide bonds. The number of amides is 3. The number of aryl methyl sites for hydroxylation is 1. The highest BCUT2D eigenvalue weighted by molar-refractivity contribution is 7.90. The van der Waals surface area contributed by atoms with Crippen LogP contribution in [0.4, 0.5) is 41.2 Å². The molecule has 0 atom stereocenters. The van der Waals surface area contributed by atoms with Gasteiger partial charge in [0.2, 0.25) is 5.82 Å². The SMILES string of the molecule is Cc1ccc(NC(=O)NS(=O)(=O)c2ccc(CCNC(=O)c3c(F)c(F)c(F)c(F)c3F)cc2)c(F)c1F. The molecule has 0 heterocycles. The first kappa shape index (κ1) is 28.4. The fraction of sp³-hybridized carbons (Fsp3) is 0.130. The second-order valence-electron chi connectivity index (χ2n) is 7.71. The Morgan fingerprint density at radius 1 is 0.737 bits per heavy atom. The van der Waals surface area contributed by atoms with Gasteiger partial charge in [-0.2, -0.15) is 0 Å². The molecule has 0 fully saturated rings. The van der Waals surface area contributed by atoms with Crippen LogP contribution in [0.25, 0.3) is 0 Å². The van der Waals surface area contributed by atoms with Crippen molar-refractivity contribution in [2.75, 3.05) is 11.9 Å². The number of carbonyl (C=O) groups excluding carboxylic acids is 2. The minimum Gasteiger partial charge on any atom is -0.352 e. The average molecular weight is 563 g/mol. The molecule has 3 N–H and O–H groups in total. The highest BCUT2D eigenvalue weighted by Gasteiger charge is 2.29. The smallest absolute Gasteiger partial charge is 0.333 e. The van der Waals surface area contributed by atoms with E-state index >= 15 is 0 Å². The molecule has 15 heteroatoms. The molecule has 0 aliphatic rings. The Hall–Kier alpha value is -4.14. The molecule has 7 nitrogen and oxygen atoms in total. The van der Waals surface area contributed by atoms with E-state index in [1.165, 1.54) is 25.1 Å². The first-order valence-electron chi connectivity index (χ1n) is 10.4. The quantitative estimate of drug-likeness (QED) is 0.225. The highest BCUT2D eigenvalue weighted by Crippen LogP contribution is 2.23. The van der Waals surface area contributed by atoms with Crippen molar-refractivity contribution in [3.8, 4) is 0 Å². The molecule has 0 aromatic heterocycles. The molecule has 3 aromatic carbocycles. The summed E-state index contributed by atoms with van der Waals surface area (Å²) in [5.74, 6) is -15.7. The molecule has 0 aliphatic heterocycles. The highest BCUT2D eigenvalue weighted by atomic mass is 32.2. The Balaban J connectivity index is 1.61. The second-order valence-corrected chi connectivity index (χ2v) is 9.39. The predicted octanol–water partition coefficient (Wildman–Crippen LogP) is 4.45. The lowest BCUT2D eigenvalue weighted by atomic mass is 10.1. The average Bonchev–Trinajstić information content (AvgIpc) is 2.87. The minimum absolute atomic E-state index is 0.0293. The van der Waals surface area contributed by atoms with Gasteiger partial charge in [-0.25, -0.2) is 48.7 Å². The number of carbonyl (C=O) groups is 2. The van der Waals surface area contributed by atoms with Crippen molar-refractivity contribution in [3.05, 3.63) is 93.8 Å². The van der Waals surface area contributed by atoms with Crippen LogP contribution in [-0.4, -0.2) is 26.9 Å². The summed E-state index contributed by atoms with van der Waals surface area (Å²) < 4.78 is 121. The summed E-state index contributed by atoms with van der Waals surface area (Å²) in [6, 6.07) is 5.48. The van der Waals surface area contributed by atoms with Gasteiger partial charge in [-0.05, 0) is 42.7 Å². The molecular weight excluding hydrogens is 547 g/mol. The summed E-state index contributed by atoms with van der Waals surface area (Å²) >= 11 is 0. The van der Waals surface area contributed by atoms with Gasteiger partial charge in [0.05, 0.1) is 10.6 Å². The molecule has 38 heavy (non-hydrogen) atoms. The zero-order valence-corrected chi connectivity index (χ0v) is 19.9. The number of hydrogen-bond donors (Lipinski definition) is 3. The van der Waals surface area contributed by atoms with Gasteiger partial charge in [-0.15, -0.1) is 0 Å². The number of anilines is 1. The van der Waals surface area contributed by atoms with E-state index in [0.717, 1.165) is 18.2 Å². The lowest BCUT2D eigenvalue weighted by Crippen LogP contribution is -2.34. The number of rotatable bonds is 7. The topological polar surface area (TPSA) is 104 Å². The van der Waals surface area contributed by atoms with Gasteiger partial charge in [0.15, 0.2) is 34.9 Å². The van der Waals surface area contributed by atoms with Crippen molar-refractivity contribution in [3.63, 3.8) is 0 Å². The van der Waals surface area contributed by atoms with Crippen molar-refractivity contribution < 1.29 is 48.7 Å². The van der Waals surface area contributed by atoms with Crippen molar-refractivity contribution >= 4 is 27.6 Å². The second kappa shape index (κ2) is 11.1. The molecule has 0 spiro atoms. The van der Waals surface area contributed by atoms with Gasteiger partial charge < -0.3 is 10.6 Å². The van der Waals surface area contributed by atoms with Crippen LogP contribution in [0.3, 0.4) is 0 Å². The summed E-state index contributed by atoms with van der Waals surface area (Å²) in [7, 11) is -4.45. The van der Waals surface area contributed by atoms with Crippen LogP contribution in [0.15, 0.2) is 41.3 Å². The number of hydrogen-bond acceptors (Lipinski definition) is 4. The van der Waals surface area contributed by atoms with E-state index < -0.39 is 78.8 Å². The zero-order valence-electron chi connectivity index (χ0n) is 19.1. The van der Waals surface area contributed by atoms with E-state index in [-0.39, 0.29) is 18.5 Å². The third-order valence-corrected chi connectivity index (χ3v) is 6.47. The summed E-state index contributed by atoms with van der Waals surface area (Å²) in [4.78, 5) is 23.5. The molecule has 0 saturated heterocycles. The molecule has 0 unspecified atom stereocenters. The van der Waals surface area contributed by atoms with E-state index in [2.05, 4.69) is 0 Å². The maximum Gasteiger partial charge on any atom is 0.333 e. The van der Waals surface area contributed by atoms with Crippen LogP contribution < -0.4 is 15.4 Å². The lowest BCUT2D eigenvalue weighted by molar-refractivity contribution is 0.0942. The number of sulfonamides is 1. The monoisotopic (exact) mass is 563 g/mol. The van der Waals surface area contributed by atoms with E-state index in [0.29, 0.717) is 5.56 Å². The summed E-state index contributed by atoms with van der Waals surface area (Å²) in [5.41, 5.74) is -1.90. The number of urea groups is 1. The van der Waals surface area contributed by atoms with E-state index in [9.17, 15) is 48.7 Å². The zero-order chi connectivity index (χ0) is 28.4. The molecule has 3 aromatic rings. The van der Waals surface area contributed by atoms with Crippen LogP contribution in [0.5, 0.6) is 0 Å². The lowest BCUT2D eigenvalue weighted by Gasteiger charge is -2.11. The third-order valence-electron chi connectivity index (χ3n) is 5.12. The maximum absolute atomic E-state index is 13.9. The third kappa shape index (κ3) is 5.88. The fourth-order valence-electron chi connectivity index (χ4n) is 3.12. The summed E-state index contributed by atoms with van der Waals surface area (Å²) in [5, 5.41) is 3.87. The van der Waals surface area contributed by atoms with Gasteiger partial charge in [-0.1, -0.05) is 18.2 Å². The molecule has 0 radical (unpaired) electrons. The Kier molecular flexibility index (Phi) is 8.29. The Bertz CT molecular complexity index is 1500. The molecular formula is C23H16F7N3O4S. The van der Waals surface area contributed by atoms with Gasteiger partial charge in [0.1, 0.15) is 5.56 Å². The molecule has 0 bridgehead atoms. The van der Waals surface area contributed by atoms with Crippen LogP contribution >= 0.6 is 0 Å². The van der Waals surface area contributed by atoms with E-state index in [4.69, 9.17) is 0 Å². The molecule has 0 saturated carbocycles. The van der Waals surface area contributed by atoms with Gasteiger partial charge in [-0.3, -0.25) is 4.79 Å². The van der Waals surface area contributed by atoms with Crippen molar-refractivity contribution in [1.82, 2.24) is 10.0 Å². The van der Waals surface area contributed by atoms with E-state index in [1.54, 1.807) is 4.72 Å². The molecule has 3 rings (SSSR count). The maximum atomic E-state index is 13.9. The standard InChI is InChI=1S/C23H16F7N3O4S/c1-10-2-7-13(16(25)15(10)24)32-23(35)33-38(36,37)12-5-3-11(4-6-12)8-9-31-22(34)14-17(26)19(28)21(30)20(29)18(14)27/h2-7H,8-9H2,1H3,(H,31,34)(H2,32,33,35). The molecule has 0 aliphatic carbocycles. The minimum atomic E-state index is -4.45. The van der Waals surface area contributed by atoms with Crippen molar-refractivity contribution in [2.24, 2.45) is 0 Å². The predicted molar refractivity (Wildman–Crippen MR) is 119 cm³/mol. The Morgan fingerprint density at radius 2 is 1.29 bits per heavy atom. The molecule has 202 valence electrons. The first-order valence-corrected chi connectivity index (χ1v) is 11.9. The van der Waals surface area contributed by atoms with Crippen LogP contribution in [-0.2, 0) is 16.4 Å². The van der Waals surface area contributed by atoms with Gasteiger partial charge in [0.25, 0.3) is 15.9 Å². The van der Waals surface area contributed by atoms with Gasteiger partial charge >= 0.3 is 6.03 Å². The van der Waals surface area contributed by atoms with E-state index in [1.807, 2.05) is 10.6 Å². The number of nitrogens with one attached hydrogen (secondary N) is 3. The van der Waals surface area contributed by atoms with Crippen molar-refractivity contribution in [2.45, 2.75) is 18.2 Å². The normalized spacial score (nSPS) is 11.3.